The fourth-order valence-corrected chi connectivity index (χ4v) is 3.96. The van der Waals surface area contributed by atoms with Crippen LogP contribution in [0.3, 0.4) is 0 Å². The van der Waals surface area contributed by atoms with Crippen LogP contribution in [0.5, 0.6) is 0 Å². The third-order valence-corrected chi connectivity index (χ3v) is 5.37. The van der Waals surface area contributed by atoms with Gasteiger partial charge in [-0.25, -0.2) is 4.39 Å². The maximum Gasteiger partial charge on any atom is 0.268 e. The molecule has 2 aromatic rings. The van der Waals surface area contributed by atoms with Crippen molar-refractivity contribution in [3.8, 4) is 0 Å². The Hall–Kier alpha value is -1.92. The van der Waals surface area contributed by atoms with Crippen molar-refractivity contribution >= 4 is 16.8 Å². The number of benzene rings is 1. The quantitative estimate of drug-likeness (QED) is 0.772. The molecule has 1 aliphatic rings. The molecule has 1 aliphatic heterocycles. The zero-order valence-electron chi connectivity index (χ0n) is 15.8. The van der Waals surface area contributed by atoms with Crippen molar-refractivity contribution in [1.82, 2.24) is 14.8 Å². The van der Waals surface area contributed by atoms with Crippen molar-refractivity contribution in [3.63, 3.8) is 0 Å². The average molecular weight is 361 g/mol. The number of carbonyl (C=O) groups excluding carboxylic acids is 1. The molecular weight excluding hydrogens is 333 g/mol. The second-order valence-corrected chi connectivity index (χ2v) is 7.21. The number of amides is 1. The van der Waals surface area contributed by atoms with Gasteiger partial charge in [0.15, 0.2) is 0 Å². The van der Waals surface area contributed by atoms with Crippen LogP contribution in [0.1, 0.15) is 28.9 Å². The first-order valence-corrected chi connectivity index (χ1v) is 9.25. The minimum atomic E-state index is -0.280. The normalized spacial score (nSPS) is 17.9. The lowest BCUT2D eigenvalue weighted by molar-refractivity contribution is 0.0939. The SMILES string of the molecule is COCCCN1CCC(CNC(=O)c2c(C)c3cc(F)ccc3n2C)C1. The Balaban J connectivity index is 1.60. The Morgan fingerprint density at radius 1 is 1.42 bits per heavy atom. The summed E-state index contributed by atoms with van der Waals surface area (Å²) in [5.74, 6) is 0.117. The highest BCUT2D eigenvalue weighted by Crippen LogP contribution is 2.25. The van der Waals surface area contributed by atoms with Crippen LogP contribution < -0.4 is 5.32 Å². The molecule has 1 N–H and O–H groups in total. The molecule has 6 heteroatoms. The third-order valence-electron chi connectivity index (χ3n) is 5.37. The number of aromatic nitrogens is 1. The van der Waals surface area contributed by atoms with Gasteiger partial charge < -0.3 is 19.5 Å². The molecule has 26 heavy (non-hydrogen) atoms. The van der Waals surface area contributed by atoms with E-state index >= 15 is 0 Å². The zero-order chi connectivity index (χ0) is 18.7. The predicted molar refractivity (Wildman–Crippen MR) is 101 cm³/mol. The van der Waals surface area contributed by atoms with Gasteiger partial charge in [-0.2, -0.15) is 0 Å². The van der Waals surface area contributed by atoms with Crippen LogP contribution in [0.15, 0.2) is 18.2 Å². The summed E-state index contributed by atoms with van der Waals surface area (Å²) in [5.41, 5.74) is 2.31. The summed E-state index contributed by atoms with van der Waals surface area (Å²) in [5, 5.41) is 3.88. The summed E-state index contributed by atoms with van der Waals surface area (Å²) >= 11 is 0. The van der Waals surface area contributed by atoms with Crippen LogP contribution in [0, 0.1) is 18.7 Å². The van der Waals surface area contributed by atoms with E-state index in [4.69, 9.17) is 4.74 Å². The summed E-state index contributed by atoms with van der Waals surface area (Å²) in [6.45, 7) is 6.49. The molecular formula is C20H28FN3O2. The number of aryl methyl sites for hydroxylation is 2. The van der Waals surface area contributed by atoms with E-state index in [1.54, 1.807) is 13.2 Å². The summed E-state index contributed by atoms with van der Waals surface area (Å²) in [4.78, 5) is 15.2. The molecule has 142 valence electrons. The highest BCUT2D eigenvalue weighted by atomic mass is 19.1. The Bertz CT molecular complexity index is 787. The van der Waals surface area contributed by atoms with Crippen LogP contribution in [-0.4, -0.2) is 55.3 Å². The average Bonchev–Trinajstić information content (AvgIpc) is 3.16. The van der Waals surface area contributed by atoms with Gasteiger partial charge in [0, 0.05) is 51.3 Å². The second kappa shape index (κ2) is 8.18. The smallest absolute Gasteiger partial charge is 0.268 e. The van der Waals surface area contributed by atoms with Gasteiger partial charge in [0.25, 0.3) is 5.91 Å². The number of likely N-dealkylation sites (tertiary alicyclic amines) is 1. The summed E-state index contributed by atoms with van der Waals surface area (Å²) < 4.78 is 20.5. The number of rotatable bonds is 7. The van der Waals surface area contributed by atoms with E-state index in [0.717, 1.165) is 55.5 Å². The molecule has 0 aliphatic carbocycles. The molecule has 1 aromatic heterocycles. The topological polar surface area (TPSA) is 46.5 Å². The van der Waals surface area contributed by atoms with Crippen molar-refractivity contribution in [3.05, 3.63) is 35.3 Å². The van der Waals surface area contributed by atoms with E-state index in [0.29, 0.717) is 18.2 Å². The molecule has 1 saturated heterocycles. The number of ether oxygens (including phenoxy) is 1. The highest BCUT2D eigenvalue weighted by Gasteiger charge is 2.24. The first-order valence-electron chi connectivity index (χ1n) is 9.25. The van der Waals surface area contributed by atoms with Gasteiger partial charge >= 0.3 is 0 Å². The van der Waals surface area contributed by atoms with Crippen molar-refractivity contribution in [2.45, 2.75) is 19.8 Å². The largest absolute Gasteiger partial charge is 0.385 e. The van der Waals surface area contributed by atoms with Gasteiger partial charge in [0.2, 0.25) is 0 Å². The maximum absolute atomic E-state index is 13.5. The lowest BCUT2D eigenvalue weighted by Gasteiger charge is -2.16. The number of methoxy groups -OCH3 is 1. The Kier molecular flexibility index (Phi) is 5.94. The minimum Gasteiger partial charge on any atom is -0.385 e. The van der Waals surface area contributed by atoms with Crippen LogP contribution >= 0.6 is 0 Å². The van der Waals surface area contributed by atoms with Gasteiger partial charge in [-0.1, -0.05) is 0 Å². The number of nitrogens with one attached hydrogen (secondary N) is 1. The molecule has 1 aromatic carbocycles. The number of halogens is 1. The van der Waals surface area contributed by atoms with Crippen molar-refractivity contribution in [2.75, 3.05) is 39.9 Å². The Morgan fingerprint density at radius 2 is 2.23 bits per heavy atom. The third kappa shape index (κ3) is 3.91. The zero-order valence-corrected chi connectivity index (χ0v) is 15.8. The molecule has 3 rings (SSSR count). The molecule has 5 nitrogen and oxygen atoms in total. The second-order valence-electron chi connectivity index (χ2n) is 7.21. The molecule has 0 spiro atoms. The number of hydrogen-bond donors (Lipinski definition) is 1. The lowest BCUT2D eigenvalue weighted by Crippen LogP contribution is -2.32. The van der Waals surface area contributed by atoms with E-state index in [2.05, 4.69) is 10.2 Å². The fourth-order valence-electron chi connectivity index (χ4n) is 3.96. The van der Waals surface area contributed by atoms with Crippen LogP contribution in [0.2, 0.25) is 0 Å². The van der Waals surface area contributed by atoms with Crippen LogP contribution in [0.25, 0.3) is 10.9 Å². The van der Waals surface area contributed by atoms with Crippen LogP contribution in [-0.2, 0) is 11.8 Å². The summed E-state index contributed by atoms with van der Waals surface area (Å²) in [7, 11) is 3.58. The maximum atomic E-state index is 13.5. The minimum absolute atomic E-state index is 0.0839. The Labute approximate surface area is 154 Å². The van der Waals surface area contributed by atoms with Gasteiger partial charge in [0.1, 0.15) is 11.5 Å². The van der Waals surface area contributed by atoms with Crippen LogP contribution in [0.4, 0.5) is 4.39 Å². The lowest BCUT2D eigenvalue weighted by atomic mass is 10.1. The first kappa shape index (κ1) is 18.9. The number of nitrogens with zero attached hydrogens (tertiary/aromatic N) is 2. The molecule has 1 fully saturated rings. The van der Waals surface area contributed by atoms with Gasteiger partial charge in [0.05, 0.1) is 0 Å². The highest BCUT2D eigenvalue weighted by molar-refractivity contribution is 6.01. The molecule has 1 unspecified atom stereocenters. The van der Waals surface area contributed by atoms with E-state index < -0.39 is 0 Å². The van der Waals surface area contributed by atoms with Gasteiger partial charge in [-0.05, 0) is 56.0 Å². The summed E-state index contributed by atoms with van der Waals surface area (Å²) in [6.07, 6.45) is 2.15. The fraction of sp³-hybridized carbons (Fsp3) is 0.550. The van der Waals surface area contributed by atoms with E-state index in [9.17, 15) is 9.18 Å². The van der Waals surface area contributed by atoms with E-state index in [1.807, 2.05) is 18.5 Å². The van der Waals surface area contributed by atoms with Gasteiger partial charge in [-0.3, -0.25) is 4.79 Å². The molecule has 1 atom stereocenters. The summed E-state index contributed by atoms with van der Waals surface area (Å²) in [6, 6.07) is 4.65. The molecule has 0 bridgehead atoms. The first-order chi connectivity index (χ1) is 12.5. The van der Waals surface area contributed by atoms with Crippen molar-refractivity contribution < 1.29 is 13.9 Å². The van der Waals surface area contributed by atoms with Crippen molar-refractivity contribution in [1.29, 1.82) is 0 Å². The van der Waals surface area contributed by atoms with Gasteiger partial charge in [-0.15, -0.1) is 0 Å². The standard InChI is InChI=1S/C20H28FN3O2/c1-14-17-11-16(21)5-6-18(17)23(2)19(14)20(25)22-12-15-7-9-24(13-15)8-4-10-26-3/h5-6,11,15H,4,7-10,12-13H2,1-3H3,(H,22,25). The Morgan fingerprint density at radius 3 is 3.00 bits per heavy atom. The monoisotopic (exact) mass is 361 g/mol. The molecule has 1 amide bonds. The van der Waals surface area contributed by atoms with E-state index in [-0.39, 0.29) is 11.7 Å². The molecule has 0 saturated carbocycles. The predicted octanol–water partition coefficient (Wildman–Crippen LogP) is 2.71. The van der Waals surface area contributed by atoms with Crippen molar-refractivity contribution in [2.24, 2.45) is 13.0 Å². The van der Waals surface area contributed by atoms with E-state index in [1.165, 1.54) is 12.1 Å². The number of carbonyl (C=O) groups is 1. The molecule has 2 heterocycles. The molecule has 0 radical (unpaired) electrons. The number of hydrogen-bond acceptors (Lipinski definition) is 3. The number of fused-ring (bicyclic) bond motifs is 1.